The van der Waals surface area contributed by atoms with E-state index in [-0.39, 0.29) is 35.8 Å². The Morgan fingerprint density at radius 1 is 1.44 bits per heavy atom. The Kier molecular flexibility index (Phi) is 1.89. The molecule has 5 nitrogen and oxygen atoms in total. The van der Waals surface area contributed by atoms with Crippen molar-refractivity contribution in [3.63, 3.8) is 0 Å². The van der Waals surface area contributed by atoms with Crippen molar-refractivity contribution in [3.8, 4) is 0 Å². The first kappa shape index (κ1) is 9.84. The Morgan fingerprint density at radius 3 is 2.94 bits per heavy atom. The Morgan fingerprint density at radius 2 is 2.19 bits per heavy atom. The van der Waals surface area contributed by atoms with Gasteiger partial charge in [-0.2, -0.15) is 0 Å². The molecule has 3 rings (SSSR count). The molecule has 3 heterocycles. The maximum absolute atomic E-state index is 11.9. The van der Waals surface area contributed by atoms with Crippen molar-refractivity contribution in [2.75, 3.05) is 13.7 Å². The molecule has 86 valence electrons. The van der Waals surface area contributed by atoms with E-state index in [1.807, 2.05) is 11.9 Å². The molecule has 5 heteroatoms. The van der Waals surface area contributed by atoms with Gasteiger partial charge in [0.05, 0.1) is 24.6 Å². The molecule has 0 spiro atoms. The van der Waals surface area contributed by atoms with E-state index >= 15 is 0 Å². The normalized spacial score (nSPS) is 42.7. The number of nitrogens with one attached hydrogen (secondary N) is 1. The molecule has 0 saturated carbocycles. The van der Waals surface area contributed by atoms with Crippen molar-refractivity contribution < 1.29 is 14.3 Å². The summed E-state index contributed by atoms with van der Waals surface area (Å²) in [6, 6.07) is -0.297. The van der Waals surface area contributed by atoms with Crippen molar-refractivity contribution >= 4 is 11.9 Å². The number of esters is 1. The number of rotatable bonds is 0. The van der Waals surface area contributed by atoms with Crippen LogP contribution in [0.4, 0.5) is 0 Å². The van der Waals surface area contributed by atoms with Gasteiger partial charge in [-0.1, -0.05) is 6.58 Å². The summed E-state index contributed by atoms with van der Waals surface area (Å²) in [4.78, 5) is 25.6. The molecule has 2 bridgehead atoms. The number of carbonyl (C=O) groups excluding carboxylic acids is 2. The van der Waals surface area contributed by atoms with E-state index < -0.39 is 0 Å². The van der Waals surface area contributed by atoms with Crippen LogP contribution < -0.4 is 5.32 Å². The second-order valence-corrected chi connectivity index (χ2v) is 4.72. The lowest BCUT2D eigenvalue weighted by atomic mass is 9.83. The summed E-state index contributed by atoms with van der Waals surface area (Å²) in [6.45, 7) is 4.27. The zero-order valence-corrected chi connectivity index (χ0v) is 9.10. The summed E-state index contributed by atoms with van der Waals surface area (Å²) < 4.78 is 5.09. The van der Waals surface area contributed by atoms with Crippen LogP contribution in [0, 0.1) is 11.8 Å². The second kappa shape index (κ2) is 3.07. The molecule has 0 aromatic heterocycles. The molecule has 1 amide bonds. The van der Waals surface area contributed by atoms with E-state index in [9.17, 15) is 9.59 Å². The molecule has 1 N–H and O–H groups in total. The Labute approximate surface area is 93.4 Å². The lowest BCUT2D eigenvalue weighted by molar-refractivity contribution is -0.155. The number of hydrogen-bond acceptors (Lipinski definition) is 4. The highest BCUT2D eigenvalue weighted by molar-refractivity contribution is 5.89. The van der Waals surface area contributed by atoms with Gasteiger partial charge >= 0.3 is 5.97 Å². The second-order valence-electron chi connectivity index (χ2n) is 4.72. The van der Waals surface area contributed by atoms with Crippen LogP contribution in [0.15, 0.2) is 12.3 Å². The van der Waals surface area contributed by atoms with E-state index in [2.05, 4.69) is 11.9 Å². The van der Waals surface area contributed by atoms with E-state index in [0.717, 1.165) is 6.42 Å². The molecule has 16 heavy (non-hydrogen) atoms. The minimum Gasteiger partial charge on any atom is -0.465 e. The summed E-state index contributed by atoms with van der Waals surface area (Å²) in [5.41, 5.74) is 0.620. The number of cyclic esters (lactones) is 1. The Hall–Kier alpha value is -1.36. The summed E-state index contributed by atoms with van der Waals surface area (Å²) in [7, 11) is 1.88. The molecule has 3 saturated heterocycles. The van der Waals surface area contributed by atoms with Gasteiger partial charge in [-0.05, 0) is 13.5 Å². The number of carbonyl (C=O) groups is 2. The molecule has 0 radical (unpaired) electrons. The molecule has 3 fully saturated rings. The van der Waals surface area contributed by atoms with E-state index in [4.69, 9.17) is 4.74 Å². The van der Waals surface area contributed by atoms with Crippen molar-refractivity contribution in [1.29, 1.82) is 0 Å². The largest absolute Gasteiger partial charge is 0.465 e. The summed E-state index contributed by atoms with van der Waals surface area (Å²) in [5.74, 6) is -0.370. The lowest BCUT2D eigenvalue weighted by Gasteiger charge is -2.33. The third-order valence-corrected chi connectivity index (χ3v) is 3.96. The number of hydrogen-bond donors (Lipinski definition) is 1. The van der Waals surface area contributed by atoms with Crippen LogP contribution in [0.3, 0.4) is 0 Å². The van der Waals surface area contributed by atoms with Gasteiger partial charge in [0.2, 0.25) is 5.91 Å². The van der Waals surface area contributed by atoms with Crippen LogP contribution in [0.25, 0.3) is 0 Å². The zero-order chi connectivity index (χ0) is 11.4. The first-order valence-electron chi connectivity index (χ1n) is 5.49. The Balaban J connectivity index is 2.06. The SMILES string of the molecule is C=C1NC(=O)[C@H]2[C@H]3CCOC(=O)[C@H]3[C@@H]1N2C. The standard InChI is InChI=1S/C11H14N2O3/c1-5-8-7-6(3-4-16-11(7)15)9(13(8)2)10(14)12-5/h6-9H,1,3-4H2,2H3,(H,12,14)/t6-,7+,8+,9+/m0/s1. The molecule has 3 aliphatic rings. The summed E-state index contributed by atoms with van der Waals surface area (Å²) in [6.07, 6.45) is 0.766. The maximum atomic E-state index is 11.9. The predicted molar refractivity (Wildman–Crippen MR) is 55.2 cm³/mol. The van der Waals surface area contributed by atoms with Gasteiger partial charge in [0, 0.05) is 11.6 Å². The summed E-state index contributed by atoms with van der Waals surface area (Å²) in [5, 5.41) is 2.77. The van der Waals surface area contributed by atoms with Crippen LogP contribution in [-0.2, 0) is 14.3 Å². The fourth-order valence-corrected chi connectivity index (χ4v) is 3.34. The Bertz CT molecular complexity index is 393. The quantitative estimate of drug-likeness (QED) is 0.561. The van der Waals surface area contributed by atoms with Crippen LogP contribution >= 0.6 is 0 Å². The van der Waals surface area contributed by atoms with Crippen LogP contribution in [0.5, 0.6) is 0 Å². The molecule has 4 atom stereocenters. The molecule has 0 aromatic rings. The lowest BCUT2D eigenvalue weighted by Crippen LogP contribution is -2.53. The van der Waals surface area contributed by atoms with Gasteiger partial charge in [-0.15, -0.1) is 0 Å². The minimum atomic E-state index is -0.227. The predicted octanol–water partition coefficient (Wildman–Crippen LogP) is -0.508. The van der Waals surface area contributed by atoms with Crippen LogP contribution in [0.1, 0.15) is 6.42 Å². The van der Waals surface area contributed by atoms with Gasteiger partial charge in [0.25, 0.3) is 0 Å². The van der Waals surface area contributed by atoms with Gasteiger partial charge in [-0.25, -0.2) is 0 Å². The van der Waals surface area contributed by atoms with Gasteiger partial charge < -0.3 is 10.1 Å². The minimum absolute atomic E-state index is 0.0362. The first-order chi connectivity index (χ1) is 7.61. The maximum Gasteiger partial charge on any atom is 0.311 e. The van der Waals surface area contributed by atoms with Gasteiger partial charge in [-0.3, -0.25) is 14.5 Å². The third-order valence-electron chi connectivity index (χ3n) is 3.96. The van der Waals surface area contributed by atoms with Gasteiger partial charge in [0.1, 0.15) is 0 Å². The fraction of sp³-hybridized carbons (Fsp3) is 0.636. The first-order valence-corrected chi connectivity index (χ1v) is 5.49. The van der Waals surface area contributed by atoms with E-state index in [1.165, 1.54) is 0 Å². The number of fused-ring (bicyclic) bond motifs is 5. The van der Waals surface area contributed by atoms with E-state index in [1.54, 1.807) is 0 Å². The fourth-order valence-electron chi connectivity index (χ4n) is 3.34. The van der Waals surface area contributed by atoms with Crippen LogP contribution in [-0.4, -0.2) is 42.5 Å². The molecule has 3 aliphatic heterocycles. The topological polar surface area (TPSA) is 58.6 Å². The average molecular weight is 222 g/mol. The zero-order valence-electron chi connectivity index (χ0n) is 9.10. The highest BCUT2D eigenvalue weighted by atomic mass is 16.5. The molecule has 0 aliphatic carbocycles. The monoisotopic (exact) mass is 222 g/mol. The molecular weight excluding hydrogens is 208 g/mol. The van der Waals surface area contributed by atoms with E-state index in [0.29, 0.717) is 12.3 Å². The number of ether oxygens (including phenoxy) is 1. The van der Waals surface area contributed by atoms with Crippen molar-refractivity contribution in [2.24, 2.45) is 11.8 Å². The van der Waals surface area contributed by atoms with Crippen molar-refractivity contribution in [1.82, 2.24) is 10.2 Å². The molecule has 0 unspecified atom stereocenters. The third kappa shape index (κ3) is 1.04. The number of amides is 1. The highest BCUT2D eigenvalue weighted by Gasteiger charge is 2.58. The molecule has 0 aromatic carbocycles. The van der Waals surface area contributed by atoms with Crippen molar-refractivity contribution in [2.45, 2.75) is 18.5 Å². The number of nitrogens with zero attached hydrogens (tertiary/aromatic N) is 1. The highest BCUT2D eigenvalue weighted by Crippen LogP contribution is 2.44. The number of piperazine rings is 1. The molecular formula is C11H14N2O3. The van der Waals surface area contributed by atoms with Crippen LogP contribution in [0.2, 0.25) is 0 Å². The average Bonchev–Trinajstić information content (AvgIpc) is 2.44. The van der Waals surface area contributed by atoms with Gasteiger partial charge in [0.15, 0.2) is 0 Å². The smallest absolute Gasteiger partial charge is 0.311 e. The van der Waals surface area contributed by atoms with Crippen molar-refractivity contribution in [3.05, 3.63) is 12.3 Å². The number of likely N-dealkylation sites (N-methyl/N-ethyl adjacent to an activating group) is 1. The summed E-state index contributed by atoms with van der Waals surface area (Å²) >= 11 is 0.